The van der Waals surface area contributed by atoms with Gasteiger partial charge in [0.1, 0.15) is 12.2 Å². The van der Waals surface area contributed by atoms with Gasteiger partial charge in [-0.2, -0.15) is 0 Å². The molecule has 0 aliphatic carbocycles. The molecule has 0 aliphatic heterocycles. The number of aliphatic hydroxyl groups is 5. The third-order valence-corrected chi connectivity index (χ3v) is 1.40. The molecule has 0 amide bonds. The third kappa shape index (κ3) is 3.33. The predicted octanol–water partition coefficient (Wildman–Crippen LogP) is -3.08. The number of Topliss-reactive ketones (excluding diaryl/α,β-unsaturated/α-hetero) is 1. The maximum atomic E-state index is 11.9. The van der Waals surface area contributed by atoms with Crippen LogP contribution in [0.2, 0.25) is 0 Å². The van der Waals surface area contributed by atoms with E-state index in [4.69, 9.17) is 25.5 Å². The lowest BCUT2D eigenvalue weighted by molar-refractivity contribution is -0.156. The van der Waals surface area contributed by atoms with Crippen LogP contribution in [0.15, 0.2) is 0 Å². The molecule has 5 N–H and O–H groups in total. The number of halogens is 1. The average Bonchev–Trinajstić information content (AvgIpc) is 2.12. The van der Waals surface area contributed by atoms with E-state index in [1.807, 2.05) is 0 Å². The van der Waals surface area contributed by atoms with Crippen LogP contribution in [0.3, 0.4) is 0 Å². The molecular weight excluding hydrogens is 187 g/mol. The summed E-state index contributed by atoms with van der Waals surface area (Å²) in [4.78, 5) is 10.7. The number of ketones is 1. The molecule has 78 valence electrons. The van der Waals surface area contributed by atoms with Crippen molar-refractivity contribution in [2.75, 3.05) is 6.61 Å². The summed E-state index contributed by atoms with van der Waals surface area (Å²) in [5.74, 6) is -1.49. The van der Waals surface area contributed by atoms with Crippen molar-refractivity contribution >= 4 is 5.78 Å². The zero-order chi connectivity index (χ0) is 10.6. The highest BCUT2D eigenvalue weighted by Crippen LogP contribution is 2.03. The van der Waals surface area contributed by atoms with E-state index in [1.54, 1.807) is 0 Å². The van der Waals surface area contributed by atoms with E-state index in [0.29, 0.717) is 0 Å². The lowest BCUT2D eigenvalue weighted by Gasteiger charge is -2.17. The van der Waals surface area contributed by atoms with Gasteiger partial charge in [-0.05, 0) is 0 Å². The highest BCUT2D eigenvalue weighted by atomic mass is 19.1. The summed E-state index contributed by atoms with van der Waals surface area (Å²) in [7, 11) is 0. The van der Waals surface area contributed by atoms with Gasteiger partial charge in [0.15, 0.2) is 11.9 Å². The molecule has 0 fully saturated rings. The standard InChI is InChI=1S/C6H11FO6/c7-6(13)5(12)4(11)3(10)2(9)1-8/h2-3,5-6,8-10,12-13H,1H2/t2-,3-,5+,6?/m1/s1. The van der Waals surface area contributed by atoms with Crippen LogP contribution in [0.25, 0.3) is 0 Å². The number of hydrogen-bond acceptors (Lipinski definition) is 6. The van der Waals surface area contributed by atoms with Crippen molar-refractivity contribution in [3.05, 3.63) is 0 Å². The summed E-state index contributed by atoms with van der Waals surface area (Å²) in [6.07, 6.45) is -9.17. The summed E-state index contributed by atoms with van der Waals surface area (Å²) >= 11 is 0. The fraction of sp³-hybridized carbons (Fsp3) is 0.833. The van der Waals surface area contributed by atoms with Crippen LogP contribution >= 0.6 is 0 Å². The SMILES string of the molecule is O=C([C@H](O)C(O)F)[C@H](O)[C@H](O)CO. The normalized spacial score (nSPS) is 20.5. The van der Waals surface area contributed by atoms with E-state index >= 15 is 0 Å². The highest BCUT2D eigenvalue weighted by Gasteiger charge is 2.33. The first-order valence-electron chi connectivity index (χ1n) is 3.42. The van der Waals surface area contributed by atoms with Crippen molar-refractivity contribution in [2.45, 2.75) is 24.7 Å². The van der Waals surface area contributed by atoms with Crippen molar-refractivity contribution in [3.63, 3.8) is 0 Å². The van der Waals surface area contributed by atoms with Crippen LogP contribution in [0.4, 0.5) is 4.39 Å². The number of hydrogen-bond donors (Lipinski definition) is 5. The van der Waals surface area contributed by atoms with Crippen LogP contribution in [0, 0.1) is 0 Å². The van der Waals surface area contributed by atoms with Crippen molar-refractivity contribution in [1.82, 2.24) is 0 Å². The van der Waals surface area contributed by atoms with Gasteiger partial charge >= 0.3 is 0 Å². The Kier molecular flexibility index (Phi) is 4.96. The van der Waals surface area contributed by atoms with Crippen LogP contribution in [-0.2, 0) is 4.79 Å². The lowest BCUT2D eigenvalue weighted by atomic mass is 10.1. The van der Waals surface area contributed by atoms with E-state index < -0.39 is 37.1 Å². The van der Waals surface area contributed by atoms with Crippen molar-refractivity contribution in [2.24, 2.45) is 0 Å². The molecule has 0 aromatic rings. The van der Waals surface area contributed by atoms with Gasteiger partial charge < -0.3 is 25.5 Å². The van der Waals surface area contributed by atoms with E-state index in [9.17, 15) is 9.18 Å². The van der Waals surface area contributed by atoms with Gasteiger partial charge in [0.25, 0.3) is 0 Å². The van der Waals surface area contributed by atoms with Gasteiger partial charge in [-0.3, -0.25) is 4.79 Å². The molecule has 0 heterocycles. The molecule has 0 radical (unpaired) electrons. The summed E-state index contributed by atoms with van der Waals surface area (Å²) in [5, 5.41) is 42.5. The second kappa shape index (κ2) is 5.20. The van der Waals surface area contributed by atoms with Gasteiger partial charge in [-0.25, -0.2) is 4.39 Å². The highest BCUT2D eigenvalue weighted by molar-refractivity contribution is 5.87. The molecule has 0 bridgehead atoms. The molecule has 1 unspecified atom stereocenters. The molecular formula is C6H11FO6. The van der Waals surface area contributed by atoms with Gasteiger partial charge in [0, 0.05) is 0 Å². The maximum absolute atomic E-state index is 11.9. The summed E-state index contributed by atoms with van der Waals surface area (Å²) < 4.78 is 11.9. The minimum absolute atomic E-state index is 0.915. The molecule has 7 heteroatoms. The maximum Gasteiger partial charge on any atom is 0.229 e. The lowest BCUT2D eigenvalue weighted by Crippen LogP contribution is -2.45. The van der Waals surface area contributed by atoms with Crippen LogP contribution in [-0.4, -0.2) is 62.6 Å². The molecule has 4 atom stereocenters. The third-order valence-electron chi connectivity index (χ3n) is 1.40. The largest absolute Gasteiger partial charge is 0.394 e. The quantitative estimate of drug-likeness (QED) is 0.319. The zero-order valence-corrected chi connectivity index (χ0v) is 6.54. The zero-order valence-electron chi connectivity index (χ0n) is 6.54. The average molecular weight is 198 g/mol. The number of rotatable bonds is 5. The molecule has 6 nitrogen and oxygen atoms in total. The van der Waals surface area contributed by atoms with Crippen LogP contribution in [0.1, 0.15) is 0 Å². The molecule has 0 saturated heterocycles. The Morgan fingerprint density at radius 2 is 1.62 bits per heavy atom. The fourth-order valence-corrected chi connectivity index (χ4v) is 0.600. The Hall–Kier alpha value is -0.600. The monoisotopic (exact) mass is 198 g/mol. The first-order valence-corrected chi connectivity index (χ1v) is 3.42. The Morgan fingerprint density at radius 3 is 1.92 bits per heavy atom. The minimum atomic E-state index is -2.83. The Morgan fingerprint density at radius 1 is 1.15 bits per heavy atom. The number of alkyl halides is 1. The number of aliphatic hydroxyl groups excluding tert-OH is 5. The predicted molar refractivity (Wildman–Crippen MR) is 37.2 cm³/mol. The van der Waals surface area contributed by atoms with E-state index in [0.717, 1.165) is 0 Å². The van der Waals surface area contributed by atoms with Crippen molar-refractivity contribution in [1.29, 1.82) is 0 Å². The van der Waals surface area contributed by atoms with E-state index in [2.05, 4.69) is 0 Å². The topological polar surface area (TPSA) is 118 Å². The first-order chi connectivity index (χ1) is 5.91. The molecule has 13 heavy (non-hydrogen) atoms. The van der Waals surface area contributed by atoms with Gasteiger partial charge in [0.05, 0.1) is 6.61 Å². The van der Waals surface area contributed by atoms with Crippen LogP contribution < -0.4 is 0 Å². The van der Waals surface area contributed by atoms with Crippen LogP contribution in [0.5, 0.6) is 0 Å². The Balaban J connectivity index is 4.25. The van der Waals surface area contributed by atoms with Gasteiger partial charge in [0.2, 0.25) is 6.36 Å². The van der Waals surface area contributed by atoms with Gasteiger partial charge in [-0.1, -0.05) is 0 Å². The fourth-order valence-electron chi connectivity index (χ4n) is 0.600. The molecule has 0 aromatic heterocycles. The number of carbonyl (C=O) groups is 1. The second-order valence-electron chi connectivity index (χ2n) is 2.41. The molecule has 0 saturated carbocycles. The minimum Gasteiger partial charge on any atom is -0.394 e. The van der Waals surface area contributed by atoms with Crippen molar-refractivity contribution < 1.29 is 34.7 Å². The molecule has 0 spiro atoms. The smallest absolute Gasteiger partial charge is 0.229 e. The summed E-state index contributed by atoms with van der Waals surface area (Å²) in [5.41, 5.74) is 0. The summed E-state index contributed by atoms with van der Waals surface area (Å²) in [6.45, 7) is -0.915. The first kappa shape index (κ1) is 12.4. The van der Waals surface area contributed by atoms with E-state index in [1.165, 1.54) is 0 Å². The van der Waals surface area contributed by atoms with E-state index in [-0.39, 0.29) is 0 Å². The molecule has 0 rings (SSSR count). The number of carbonyl (C=O) groups excluding carboxylic acids is 1. The second-order valence-corrected chi connectivity index (χ2v) is 2.41. The van der Waals surface area contributed by atoms with Crippen molar-refractivity contribution in [3.8, 4) is 0 Å². The molecule has 0 aromatic carbocycles. The Labute approximate surface area is 72.9 Å². The van der Waals surface area contributed by atoms with Gasteiger partial charge in [-0.15, -0.1) is 0 Å². The summed E-state index contributed by atoms with van der Waals surface area (Å²) in [6, 6.07) is 0. The Bertz CT molecular complexity index is 173. The molecule has 0 aliphatic rings.